The van der Waals surface area contributed by atoms with Gasteiger partial charge in [0.1, 0.15) is 12.3 Å². The number of carbonyl (C=O) groups excluding carboxylic acids is 1. The highest BCUT2D eigenvalue weighted by Gasteiger charge is 2.50. The van der Waals surface area contributed by atoms with E-state index in [0.29, 0.717) is 19.0 Å². The van der Waals surface area contributed by atoms with Gasteiger partial charge in [-0.05, 0) is 39.2 Å². The summed E-state index contributed by atoms with van der Waals surface area (Å²) in [5.74, 6) is 0.424. The Labute approximate surface area is 151 Å². The third-order valence-electron chi connectivity index (χ3n) is 4.85. The maximum absolute atomic E-state index is 12.4. The van der Waals surface area contributed by atoms with Crippen molar-refractivity contribution in [2.75, 3.05) is 19.6 Å². The first kappa shape index (κ1) is 20.6. The summed E-state index contributed by atoms with van der Waals surface area (Å²) in [6, 6.07) is -0.122. The molecule has 25 heavy (non-hydrogen) atoms. The first-order valence-corrected chi connectivity index (χ1v) is 9.58. The summed E-state index contributed by atoms with van der Waals surface area (Å²) in [4.78, 5) is 14.5. The number of unbranched alkanes of at least 4 members (excludes halogenated alkanes) is 1. The fourth-order valence-corrected chi connectivity index (χ4v) is 3.60. The topological polar surface area (TPSA) is 97.4 Å². The molecule has 6 atom stereocenters. The molecule has 2 heterocycles. The number of hydrogen-bond acceptors (Lipinski definition) is 6. The monoisotopic (exact) mass is 357 g/mol. The first-order valence-electron chi connectivity index (χ1n) is 9.58. The number of aliphatic hydroxyl groups excluding tert-OH is 2. The lowest BCUT2D eigenvalue weighted by Crippen LogP contribution is -2.47. The van der Waals surface area contributed by atoms with Crippen molar-refractivity contribution < 1.29 is 19.7 Å². The van der Waals surface area contributed by atoms with E-state index in [1.165, 1.54) is 0 Å². The maximum atomic E-state index is 12.4. The molecule has 2 aliphatic heterocycles. The van der Waals surface area contributed by atoms with E-state index in [1.807, 2.05) is 0 Å². The summed E-state index contributed by atoms with van der Waals surface area (Å²) in [7, 11) is 0. The van der Waals surface area contributed by atoms with Crippen LogP contribution in [0.15, 0.2) is 0 Å². The molecule has 7 nitrogen and oxygen atoms in total. The van der Waals surface area contributed by atoms with Gasteiger partial charge < -0.3 is 20.3 Å². The molecule has 2 aliphatic rings. The molecule has 6 unspecified atom stereocenters. The minimum Gasteiger partial charge on any atom is -0.392 e. The second kappa shape index (κ2) is 9.28. The lowest BCUT2D eigenvalue weighted by Gasteiger charge is -2.25. The fraction of sp³-hybridized carbons (Fsp3) is 0.944. The molecular weight excluding hydrogens is 322 g/mol. The van der Waals surface area contributed by atoms with Crippen LogP contribution in [0.2, 0.25) is 0 Å². The number of nitrogens with zero attached hydrogens (tertiary/aromatic N) is 1. The Hall–Kier alpha value is -0.730. The largest absolute Gasteiger partial charge is 0.392 e. The smallest absolute Gasteiger partial charge is 0.237 e. The molecule has 2 saturated heterocycles. The molecule has 0 saturated carbocycles. The van der Waals surface area contributed by atoms with Crippen LogP contribution in [0.3, 0.4) is 0 Å². The quantitative estimate of drug-likeness (QED) is 0.326. The van der Waals surface area contributed by atoms with Gasteiger partial charge in [0.2, 0.25) is 5.91 Å². The van der Waals surface area contributed by atoms with Crippen LogP contribution in [0.25, 0.3) is 0 Å². The number of fused-ring (bicyclic) bond motifs is 1. The van der Waals surface area contributed by atoms with Crippen LogP contribution in [0, 0.1) is 5.92 Å². The van der Waals surface area contributed by atoms with Crippen LogP contribution >= 0.6 is 0 Å². The molecule has 4 N–H and O–H groups in total. The van der Waals surface area contributed by atoms with Gasteiger partial charge in [-0.1, -0.05) is 20.3 Å². The van der Waals surface area contributed by atoms with Crippen molar-refractivity contribution in [3.8, 4) is 0 Å². The van der Waals surface area contributed by atoms with E-state index in [9.17, 15) is 15.0 Å². The third kappa shape index (κ3) is 6.49. The Kier molecular flexibility index (Phi) is 7.64. The number of nitrogens with one attached hydrogen (secondary N) is 2. The van der Waals surface area contributed by atoms with E-state index in [1.54, 1.807) is 13.8 Å². The van der Waals surface area contributed by atoms with Crippen LogP contribution in [0.4, 0.5) is 0 Å². The third-order valence-corrected chi connectivity index (χ3v) is 4.85. The van der Waals surface area contributed by atoms with Gasteiger partial charge in [0.25, 0.3) is 0 Å². The number of amides is 1. The molecule has 0 radical (unpaired) electrons. The molecule has 0 aromatic rings. The molecule has 2 rings (SSSR count). The van der Waals surface area contributed by atoms with Gasteiger partial charge in [-0.3, -0.25) is 15.0 Å². The zero-order valence-electron chi connectivity index (χ0n) is 15.9. The summed E-state index contributed by atoms with van der Waals surface area (Å²) in [6.45, 7) is 9.63. The molecule has 0 aromatic heterocycles. The Morgan fingerprint density at radius 2 is 1.76 bits per heavy atom. The number of ether oxygens (including phenoxy) is 1. The average Bonchev–Trinajstić information content (AvgIpc) is 3.24. The standard InChI is InChI=1S/C18H35N3O4/c1-11(2)15-16-18(25-16)19-14(17(24)20-15)7-5-6-8-21(9-12(3)22)10-13(4)23/h11-16,18-19,22-23H,5-10H2,1-4H3,(H,20,24). The highest BCUT2D eigenvalue weighted by molar-refractivity contribution is 5.82. The second-order valence-electron chi connectivity index (χ2n) is 7.97. The lowest BCUT2D eigenvalue weighted by atomic mass is 10.0. The number of aliphatic hydroxyl groups is 2. The Balaban J connectivity index is 1.74. The first-order chi connectivity index (χ1) is 11.8. The SMILES string of the molecule is CC(O)CN(CCCCC1NC2OC2C(C(C)C)NC1=O)CC(C)O. The Bertz CT molecular complexity index is 421. The van der Waals surface area contributed by atoms with Gasteiger partial charge in [0.15, 0.2) is 0 Å². The fourth-order valence-electron chi connectivity index (χ4n) is 3.60. The van der Waals surface area contributed by atoms with Crippen molar-refractivity contribution in [1.82, 2.24) is 15.5 Å². The molecule has 0 spiro atoms. The van der Waals surface area contributed by atoms with Crippen molar-refractivity contribution in [2.24, 2.45) is 5.92 Å². The van der Waals surface area contributed by atoms with Crippen LogP contribution < -0.4 is 10.6 Å². The van der Waals surface area contributed by atoms with Crippen LogP contribution in [-0.2, 0) is 9.53 Å². The summed E-state index contributed by atoms with van der Waals surface area (Å²) in [5.41, 5.74) is 0. The zero-order valence-corrected chi connectivity index (χ0v) is 15.9. The Morgan fingerprint density at radius 1 is 1.12 bits per heavy atom. The van der Waals surface area contributed by atoms with Crippen molar-refractivity contribution in [1.29, 1.82) is 0 Å². The number of epoxide rings is 1. The molecule has 0 aliphatic carbocycles. The number of carbonyl (C=O) groups is 1. The molecular formula is C18H35N3O4. The van der Waals surface area contributed by atoms with E-state index in [-0.39, 0.29) is 30.3 Å². The maximum Gasteiger partial charge on any atom is 0.237 e. The summed E-state index contributed by atoms with van der Waals surface area (Å²) < 4.78 is 5.65. The van der Waals surface area contributed by atoms with Gasteiger partial charge in [-0.15, -0.1) is 0 Å². The Morgan fingerprint density at radius 3 is 2.32 bits per heavy atom. The van der Waals surface area contributed by atoms with Crippen molar-refractivity contribution >= 4 is 5.91 Å². The molecule has 0 aromatic carbocycles. The van der Waals surface area contributed by atoms with Crippen molar-refractivity contribution in [2.45, 2.75) is 83.6 Å². The van der Waals surface area contributed by atoms with Gasteiger partial charge in [0, 0.05) is 13.1 Å². The number of hydrogen-bond donors (Lipinski definition) is 4. The van der Waals surface area contributed by atoms with Crippen molar-refractivity contribution in [3.05, 3.63) is 0 Å². The molecule has 146 valence electrons. The van der Waals surface area contributed by atoms with E-state index < -0.39 is 12.2 Å². The van der Waals surface area contributed by atoms with E-state index >= 15 is 0 Å². The minimum atomic E-state index is -0.412. The zero-order chi connectivity index (χ0) is 18.6. The lowest BCUT2D eigenvalue weighted by molar-refractivity contribution is -0.124. The van der Waals surface area contributed by atoms with Gasteiger partial charge in [-0.25, -0.2) is 0 Å². The van der Waals surface area contributed by atoms with E-state index in [0.717, 1.165) is 25.8 Å². The predicted octanol–water partition coefficient (Wildman–Crippen LogP) is 0.0578. The van der Waals surface area contributed by atoms with Crippen molar-refractivity contribution in [3.63, 3.8) is 0 Å². The van der Waals surface area contributed by atoms with Gasteiger partial charge in [0.05, 0.1) is 24.3 Å². The van der Waals surface area contributed by atoms with Crippen LogP contribution in [0.5, 0.6) is 0 Å². The van der Waals surface area contributed by atoms with Crippen LogP contribution in [-0.4, -0.2) is 77.3 Å². The normalized spacial score (nSPS) is 31.4. The summed E-state index contributed by atoms with van der Waals surface area (Å²) >= 11 is 0. The number of rotatable bonds is 10. The van der Waals surface area contributed by atoms with E-state index in [4.69, 9.17) is 4.74 Å². The molecule has 7 heteroatoms. The highest BCUT2D eigenvalue weighted by Crippen LogP contribution is 2.30. The minimum absolute atomic E-state index is 0.00155. The van der Waals surface area contributed by atoms with Gasteiger partial charge in [-0.2, -0.15) is 0 Å². The van der Waals surface area contributed by atoms with Crippen LogP contribution in [0.1, 0.15) is 47.0 Å². The van der Waals surface area contributed by atoms with E-state index in [2.05, 4.69) is 29.4 Å². The second-order valence-corrected chi connectivity index (χ2v) is 7.97. The highest BCUT2D eigenvalue weighted by atomic mass is 16.6. The summed E-state index contributed by atoms with van der Waals surface area (Å²) in [5, 5.41) is 25.6. The summed E-state index contributed by atoms with van der Waals surface area (Å²) in [6.07, 6.45) is 1.87. The average molecular weight is 357 g/mol. The molecule has 0 bridgehead atoms. The molecule has 2 fully saturated rings. The molecule has 1 amide bonds. The van der Waals surface area contributed by atoms with Gasteiger partial charge >= 0.3 is 0 Å². The predicted molar refractivity (Wildman–Crippen MR) is 96.0 cm³/mol.